The minimum absolute atomic E-state index is 0. The molecule has 4 aromatic rings. The first kappa shape index (κ1) is 28.2. The Bertz CT molecular complexity index is 1410. The summed E-state index contributed by atoms with van der Waals surface area (Å²) in [5.74, 6) is -0.151. The lowest BCUT2D eigenvalue weighted by Crippen LogP contribution is -2.30. The normalized spacial score (nSPS) is 26.2. The molecule has 0 amide bonds. The van der Waals surface area contributed by atoms with Crippen molar-refractivity contribution < 1.29 is 25.5 Å². The fraction of sp³-hybridized carbons (Fsp3) is 0.370. The molecule has 0 saturated heterocycles. The zero-order chi connectivity index (χ0) is 27.1. The number of hydrogen-bond donors (Lipinski definition) is 7. The maximum absolute atomic E-state index is 10.1. The first-order valence-electron chi connectivity index (χ1n) is 12.3. The van der Waals surface area contributed by atoms with Crippen molar-refractivity contribution in [3.63, 3.8) is 0 Å². The second-order valence-corrected chi connectivity index (χ2v) is 9.48. The molecular formula is C27H35N7O5. The molecule has 208 valence electrons. The first-order chi connectivity index (χ1) is 18.3. The summed E-state index contributed by atoms with van der Waals surface area (Å²) in [5.41, 5.74) is 16.1. The van der Waals surface area contributed by atoms with Gasteiger partial charge in [0, 0.05) is 18.0 Å². The maximum atomic E-state index is 10.1. The fourth-order valence-corrected chi connectivity index (χ4v) is 5.05. The molecule has 0 unspecified atom stereocenters. The molecule has 3 aromatic heterocycles. The molecule has 9 N–H and O–H groups in total. The molecule has 0 spiro atoms. The minimum atomic E-state index is -1.05. The summed E-state index contributed by atoms with van der Waals surface area (Å²) in [6.07, 6.45) is 5.38. The van der Waals surface area contributed by atoms with Crippen molar-refractivity contribution in [2.24, 2.45) is 11.8 Å². The van der Waals surface area contributed by atoms with Crippen LogP contribution in [0.25, 0.3) is 33.5 Å². The maximum Gasteiger partial charge on any atom is 0.151 e. The SMILES string of the molecule is C.CC[C@@H]1C=C(n2cnc3c(N)nccc32)[C@@H](O)[C@H]1O.Nc1cccc2c1ncn2C1=C[C@H](CO)[C@@H](O)[C@H]1O. The average molecular weight is 538 g/mol. The Balaban J connectivity index is 0.000000176. The van der Waals surface area contributed by atoms with Crippen molar-refractivity contribution in [3.05, 3.63) is 55.3 Å². The number of benzene rings is 1. The number of hydrogen-bond acceptors (Lipinski definition) is 10. The van der Waals surface area contributed by atoms with Gasteiger partial charge in [-0.05, 0) is 24.6 Å². The number of aromatic nitrogens is 5. The van der Waals surface area contributed by atoms with Crippen LogP contribution in [0.2, 0.25) is 0 Å². The summed E-state index contributed by atoms with van der Waals surface area (Å²) in [6.45, 7) is 1.77. The van der Waals surface area contributed by atoms with Gasteiger partial charge >= 0.3 is 0 Å². The molecule has 0 bridgehead atoms. The lowest BCUT2D eigenvalue weighted by molar-refractivity contribution is 0.0199. The summed E-state index contributed by atoms with van der Waals surface area (Å²) in [5, 5.41) is 49.2. The summed E-state index contributed by atoms with van der Waals surface area (Å²) in [6, 6.07) is 7.19. The highest BCUT2D eigenvalue weighted by Crippen LogP contribution is 2.33. The predicted octanol–water partition coefficient (Wildman–Crippen LogP) is 1.06. The highest BCUT2D eigenvalue weighted by Gasteiger charge is 2.36. The van der Waals surface area contributed by atoms with E-state index in [9.17, 15) is 20.4 Å². The molecule has 0 aliphatic heterocycles. The Kier molecular flexibility index (Phi) is 8.04. The number of aliphatic hydroxyl groups excluding tert-OH is 5. The van der Waals surface area contributed by atoms with Crippen LogP contribution in [0.1, 0.15) is 20.8 Å². The Morgan fingerprint density at radius 1 is 0.795 bits per heavy atom. The molecule has 12 heteroatoms. The number of rotatable bonds is 4. The minimum Gasteiger partial charge on any atom is -0.397 e. The lowest BCUT2D eigenvalue weighted by atomic mass is 10.0. The second-order valence-electron chi connectivity index (χ2n) is 9.48. The molecular weight excluding hydrogens is 502 g/mol. The summed E-state index contributed by atoms with van der Waals surface area (Å²) in [7, 11) is 0. The van der Waals surface area contributed by atoms with Crippen molar-refractivity contribution >= 4 is 45.0 Å². The lowest BCUT2D eigenvalue weighted by Gasteiger charge is -2.16. The van der Waals surface area contributed by atoms with E-state index in [2.05, 4.69) is 15.0 Å². The number of imidazole rings is 2. The number of pyridine rings is 1. The van der Waals surface area contributed by atoms with Gasteiger partial charge in [0.15, 0.2) is 5.82 Å². The highest BCUT2D eigenvalue weighted by molar-refractivity contribution is 5.89. The third kappa shape index (κ3) is 4.77. The van der Waals surface area contributed by atoms with Crippen molar-refractivity contribution in [1.82, 2.24) is 24.1 Å². The number of fused-ring (bicyclic) bond motifs is 2. The van der Waals surface area contributed by atoms with Crippen LogP contribution in [0.15, 0.2) is 55.3 Å². The van der Waals surface area contributed by atoms with Gasteiger partial charge in [0.1, 0.15) is 35.9 Å². The Morgan fingerprint density at radius 2 is 1.36 bits per heavy atom. The topological polar surface area (TPSA) is 202 Å². The molecule has 0 radical (unpaired) electrons. The molecule has 1 aromatic carbocycles. The van der Waals surface area contributed by atoms with Crippen LogP contribution in [0, 0.1) is 11.8 Å². The van der Waals surface area contributed by atoms with Gasteiger partial charge < -0.3 is 41.6 Å². The molecule has 0 saturated carbocycles. The van der Waals surface area contributed by atoms with Gasteiger partial charge in [-0.15, -0.1) is 0 Å². The molecule has 2 aliphatic rings. The van der Waals surface area contributed by atoms with Crippen LogP contribution < -0.4 is 11.5 Å². The number of anilines is 2. The van der Waals surface area contributed by atoms with E-state index in [1.807, 2.05) is 19.1 Å². The van der Waals surface area contributed by atoms with Crippen LogP contribution in [0.4, 0.5) is 11.5 Å². The molecule has 6 rings (SSSR count). The van der Waals surface area contributed by atoms with Crippen LogP contribution in [-0.4, -0.2) is 80.6 Å². The third-order valence-electron chi connectivity index (χ3n) is 7.24. The van der Waals surface area contributed by atoms with Gasteiger partial charge in [0.2, 0.25) is 0 Å². The zero-order valence-corrected chi connectivity index (χ0v) is 20.7. The van der Waals surface area contributed by atoms with Gasteiger partial charge in [-0.2, -0.15) is 0 Å². The summed E-state index contributed by atoms with van der Waals surface area (Å²) >= 11 is 0. The van der Waals surface area contributed by atoms with E-state index in [1.54, 1.807) is 52.3 Å². The van der Waals surface area contributed by atoms with E-state index in [0.717, 1.165) is 17.5 Å². The Morgan fingerprint density at radius 3 is 1.92 bits per heavy atom. The highest BCUT2D eigenvalue weighted by atomic mass is 16.3. The Labute approximate surface area is 225 Å². The van der Waals surface area contributed by atoms with Crippen LogP contribution in [0.3, 0.4) is 0 Å². The smallest absolute Gasteiger partial charge is 0.151 e. The van der Waals surface area contributed by atoms with E-state index < -0.39 is 30.3 Å². The van der Waals surface area contributed by atoms with Crippen molar-refractivity contribution in [1.29, 1.82) is 0 Å². The molecule has 12 nitrogen and oxygen atoms in total. The van der Waals surface area contributed by atoms with Crippen LogP contribution in [-0.2, 0) is 0 Å². The quantitative estimate of drug-likeness (QED) is 0.184. The average Bonchev–Trinajstić information content (AvgIpc) is 3.67. The van der Waals surface area contributed by atoms with Gasteiger partial charge in [0.25, 0.3) is 0 Å². The van der Waals surface area contributed by atoms with Gasteiger partial charge in [-0.1, -0.05) is 32.6 Å². The van der Waals surface area contributed by atoms with Crippen LogP contribution in [0.5, 0.6) is 0 Å². The van der Waals surface area contributed by atoms with E-state index >= 15 is 0 Å². The van der Waals surface area contributed by atoms with E-state index in [1.165, 1.54) is 0 Å². The Hall–Kier alpha value is -3.81. The summed E-state index contributed by atoms with van der Waals surface area (Å²) < 4.78 is 3.45. The van der Waals surface area contributed by atoms with Crippen molar-refractivity contribution in [2.75, 3.05) is 18.1 Å². The molecule has 0 fully saturated rings. The summed E-state index contributed by atoms with van der Waals surface area (Å²) in [4.78, 5) is 12.4. The van der Waals surface area contributed by atoms with E-state index in [4.69, 9.17) is 16.6 Å². The molecule has 3 heterocycles. The first-order valence-corrected chi connectivity index (χ1v) is 12.3. The largest absolute Gasteiger partial charge is 0.397 e. The van der Waals surface area contributed by atoms with Crippen LogP contribution >= 0.6 is 0 Å². The molecule has 39 heavy (non-hydrogen) atoms. The second kappa shape index (κ2) is 11.1. The van der Waals surface area contributed by atoms with Gasteiger partial charge in [-0.3, -0.25) is 4.57 Å². The fourth-order valence-electron chi connectivity index (χ4n) is 5.05. The third-order valence-corrected chi connectivity index (χ3v) is 7.24. The number of nitrogens with zero attached hydrogens (tertiary/aromatic N) is 5. The molecule has 2 aliphatic carbocycles. The number of nitrogens with two attached hydrogens (primary N) is 2. The number of para-hydroxylation sites is 1. The monoisotopic (exact) mass is 537 g/mol. The standard InChI is InChI=1S/C13H16N4O2.C13H15N3O3.CH4/c1-2-7-5-9(12(19)11(7)18)17-6-16-10-8(17)3-4-15-13(10)14;14-8-2-1-3-9-11(8)15-6-16(9)10-4-7(5-17)12(18)13(10)19;/h3-7,11-12,18-19H,2H2,1H3,(H2,14,15);1-4,6-7,12-13,17-19H,5,14H2;1H4/t7-,11+,12-;7-,12-,13+;/m11./s1. The van der Waals surface area contributed by atoms with E-state index in [-0.39, 0.29) is 20.0 Å². The number of nitrogen functional groups attached to an aromatic ring is 2. The number of aliphatic hydroxyl groups is 5. The van der Waals surface area contributed by atoms with Crippen molar-refractivity contribution in [2.45, 2.75) is 45.2 Å². The van der Waals surface area contributed by atoms with Crippen molar-refractivity contribution in [3.8, 4) is 0 Å². The van der Waals surface area contributed by atoms with Gasteiger partial charge in [-0.25, -0.2) is 15.0 Å². The molecule has 6 atom stereocenters. The zero-order valence-electron chi connectivity index (χ0n) is 20.7. The van der Waals surface area contributed by atoms with E-state index in [0.29, 0.717) is 33.9 Å². The predicted molar refractivity (Wildman–Crippen MR) is 150 cm³/mol. The van der Waals surface area contributed by atoms with Gasteiger partial charge in [0.05, 0.1) is 46.9 Å².